The van der Waals surface area contributed by atoms with Crippen molar-refractivity contribution in [3.8, 4) is 16.8 Å². The minimum absolute atomic E-state index is 0.0491. The van der Waals surface area contributed by atoms with Gasteiger partial charge in [0.15, 0.2) is 10.0 Å². The number of hydrogen-bond donors (Lipinski definition) is 1. The van der Waals surface area contributed by atoms with Crippen LogP contribution in [-0.2, 0) is 21.9 Å². The van der Waals surface area contributed by atoms with Crippen LogP contribution in [0.15, 0.2) is 17.0 Å². The lowest BCUT2D eigenvalue weighted by Crippen LogP contribution is -2.55. The standard InChI is InChI=1S/C24H28F2N8O3S2/c1-13(2)23(35)34-8-7-33(11-14(34)3)17-10-15(39(36,37)31-24(12-27)5-6-24)9-16-18(30-32(4)19(16)17)21-28-29-22(38-21)20(25)26/h9-10,13-14,20,31H,5-8,11H2,1-4H3/t14-/m1/s1. The molecule has 3 heterocycles. The molecule has 1 atom stereocenters. The van der Waals surface area contributed by atoms with E-state index in [-0.39, 0.29) is 33.5 Å². The van der Waals surface area contributed by atoms with Crippen molar-refractivity contribution < 1.29 is 22.0 Å². The molecule has 2 fully saturated rings. The fraction of sp³-hybridized carbons (Fsp3) is 0.542. The smallest absolute Gasteiger partial charge is 0.291 e. The molecule has 1 aromatic carbocycles. The number of carbonyl (C=O) groups excluding carboxylic acids is 1. The van der Waals surface area contributed by atoms with Crippen molar-refractivity contribution in [3.05, 3.63) is 17.1 Å². The van der Waals surface area contributed by atoms with Crippen molar-refractivity contribution in [3.63, 3.8) is 0 Å². The lowest BCUT2D eigenvalue weighted by Gasteiger charge is -2.42. The van der Waals surface area contributed by atoms with E-state index in [9.17, 15) is 27.3 Å². The average molecular weight is 579 g/mol. The molecule has 2 aliphatic rings. The summed E-state index contributed by atoms with van der Waals surface area (Å²) in [5.74, 6) is -0.0993. The summed E-state index contributed by atoms with van der Waals surface area (Å²) in [6, 6.07) is 4.87. The van der Waals surface area contributed by atoms with Gasteiger partial charge in [0.1, 0.15) is 11.2 Å². The molecule has 1 aliphatic carbocycles. The van der Waals surface area contributed by atoms with Gasteiger partial charge in [0.2, 0.25) is 15.9 Å². The van der Waals surface area contributed by atoms with Gasteiger partial charge in [-0.2, -0.15) is 15.1 Å². The third-order valence-corrected chi connectivity index (χ3v) is 9.52. The van der Waals surface area contributed by atoms with Crippen LogP contribution in [0.5, 0.6) is 0 Å². The molecule has 1 saturated carbocycles. The van der Waals surface area contributed by atoms with Gasteiger partial charge in [-0.05, 0) is 31.9 Å². The van der Waals surface area contributed by atoms with Gasteiger partial charge in [-0.3, -0.25) is 9.48 Å². The van der Waals surface area contributed by atoms with Crippen LogP contribution in [0.4, 0.5) is 14.5 Å². The van der Waals surface area contributed by atoms with E-state index in [1.807, 2.05) is 36.6 Å². The van der Waals surface area contributed by atoms with Gasteiger partial charge < -0.3 is 9.80 Å². The zero-order valence-electron chi connectivity index (χ0n) is 21.8. The fourth-order valence-corrected chi connectivity index (χ4v) is 6.97. The van der Waals surface area contributed by atoms with Crippen molar-refractivity contribution in [1.82, 2.24) is 29.6 Å². The number of halogens is 2. The van der Waals surface area contributed by atoms with Crippen molar-refractivity contribution in [2.45, 2.75) is 56.5 Å². The Labute approximate surface area is 228 Å². The Morgan fingerprint density at radius 2 is 1.97 bits per heavy atom. The predicted molar refractivity (Wildman–Crippen MR) is 141 cm³/mol. The minimum atomic E-state index is -4.12. The van der Waals surface area contributed by atoms with Gasteiger partial charge in [-0.15, -0.1) is 10.2 Å². The molecular formula is C24H28F2N8O3S2. The van der Waals surface area contributed by atoms with Gasteiger partial charge in [0.25, 0.3) is 6.43 Å². The summed E-state index contributed by atoms with van der Waals surface area (Å²) in [6.07, 6.45) is -1.96. The molecule has 1 N–H and O–H groups in total. The molecule has 3 aromatic rings. The Balaban J connectivity index is 1.64. The summed E-state index contributed by atoms with van der Waals surface area (Å²) in [7, 11) is -2.43. The summed E-state index contributed by atoms with van der Waals surface area (Å²) in [5, 5.41) is 21.5. The number of aryl methyl sites for hydroxylation is 1. The van der Waals surface area contributed by atoms with Gasteiger partial charge in [0, 0.05) is 44.0 Å². The quantitative estimate of drug-likeness (QED) is 0.452. The van der Waals surface area contributed by atoms with E-state index in [0.717, 1.165) is 0 Å². The maximum atomic E-state index is 13.5. The molecule has 11 nitrogen and oxygen atoms in total. The Kier molecular flexibility index (Phi) is 6.84. The molecule has 0 bridgehead atoms. The molecule has 0 spiro atoms. The van der Waals surface area contributed by atoms with E-state index in [2.05, 4.69) is 20.0 Å². The van der Waals surface area contributed by atoms with E-state index in [4.69, 9.17) is 0 Å². The van der Waals surface area contributed by atoms with Crippen LogP contribution in [0.2, 0.25) is 0 Å². The minimum Gasteiger partial charge on any atom is -0.366 e. The summed E-state index contributed by atoms with van der Waals surface area (Å²) >= 11 is 0.693. The number of hydrogen-bond acceptors (Lipinski definition) is 9. The lowest BCUT2D eigenvalue weighted by molar-refractivity contribution is -0.136. The second kappa shape index (κ2) is 9.76. The zero-order chi connectivity index (χ0) is 28.3. The largest absolute Gasteiger partial charge is 0.366 e. The van der Waals surface area contributed by atoms with Crippen molar-refractivity contribution >= 4 is 43.9 Å². The molecule has 2 aromatic heterocycles. The first-order chi connectivity index (χ1) is 18.4. The van der Waals surface area contributed by atoms with E-state index < -0.39 is 27.0 Å². The monoisotopic (exact) mass is 578 g/mol. The molecule has 39 heavy (non-hydrogen) atoms. The van der Waals surface area contributed by atoms with E-state index in [1.165, 1.54) is 6.07 Å². The molecule has 15 heteroatoms. The van der Waals surface area contributed by atoms with Crippen molar-refractivity contribution in [2.75, 3.05) is 24.5 Å². The van der Waals surface area contributed by atoms with Crippen LogP contribution in [-0.4, -0.2) is 70.4 Å². The number of nitriles is 1. The third-order valence-electron chi connectivity index (χ3n) is 7.07. The van der Waals surface area contributed by atoms with E-state index in [1.54, 1.807) is 17.8 Å². The third kappa shape index (κ3) is 4.96. The highest BCUT2D eigenvalue weighted by Crippen LogP contribution is 2.40. The number of benzene rings is 1. The highest BCUT2D eigenvalue weighted by molar-refractivity contribution is 7.89. The second-order valence-corrected chi connectivity index (χ2v) is 13.0. The molecule has 0 unspecified atom stereocenters. The number of aromatic nitrogens is 4. The van der Waals surface area contributed by atoms with E-state index in [0.29, 0.717) is 60.4 Å². The van der Waals surface area contributed by atoms with Crippen LogP contribution in [0.1, 0.15) is 45.0 Å². The normalized spacial score (nSPS) is 19.2. The maximum absolute atomic E-state index is 13.5. The van der Waals surface area contributed by atoms with Crippen LogP contribution in [0.3, 0.4) is 0 Å². The Hall–Kier alpha value is -3.22. The first-order valence-corrected chi connectivity index (χ1v) is 14.8. The molecule has 5 rings (SSSR count). The number of anilines is 1. The Morgan fingerprint density at radius 3 is 2.54 bits per heavy atom. The van der Waals surface area contributed by atoms with Crippen molar-refractivity contribution in [1.29, 1.82) is 5.26 Å². The lowest BCUT2D eigenvalue weighted by atomic mass is 10.1. The number of sulfonamides is 1. The molecule has 1 amide bonds. The maximum Gasteiger partial charge on any atom is 0.291 e. The summed E-state index contributed by atoms with van der Waals surface area (Å²) in [4.78, 5) is 16.4. The van der Waals surface area contributed by atoms with Crippen LogP contribution in [0, 0.1) is 17.2 Å². The molecular weight excluding hydrogens is 550 g/mol. The number of carbonyl (C=O) groups is 1. The van der Waals surface area contributed by atoms with Crippen molar-refractivity contribution in [2.24, 2.45) is 13.0 Å². The van der Waals surface area contributed by atoms with Gasteiger partial charge in [-0.1, -0.05) is 25.2 Å². The van der Waals surface area contributed by atoms with Gasteiger partial charge >= 0.3 is 0 Å². The summed E-state index contributed by atoms with van der Waals surface area (Å²) < 4.78 is 57.5. The number of nitrogens with zero attached hydrogens (tertiary/aromatic N) is 7. The summed E-state index contributed by atoms with van der Waals surface area (Å²) in [6.45, 7) is 6.99. The number of rotatable bonds is 7. The molecule has 1 saturated heterocycles. The predicted octanol–water partition coefficient (Wildman–Crippen LogP) is 3.06. The number of fused-ring (bicyclic) bond motifs is 1. The van der Waals surface area contributed by atoms with Crippen LogP contribution < -0.4 is 9.62 Å². The van der Waals surface area contributed by atoms with Crippen LogP contribution >= 0.6 is 11.3 Å². The van der Waals surface area contributed by atoms with Crippen LogP contribution in [0.25, 0.3) is 21.6 Å². The van der Waals surface area contributed by atoms with E-state index >= 15 is 0 Å². The fourth-order valence-electron chi connectivity index (χ4n) is 4.85. The Morgan fingerprint density at radius 1 is 1.26 bits per heavy atom. The highest BCUT2D eigenvalue weighted by Gasteiger charge is 2.47. The topological polar surface area (TPSA) is 137 Å². The number of piperazine rings is 1. The zero-order valence-corrected chi connectivity index (χ0v) is 23.5. The molecule has 0 radical (unpaired) electrons. The molecule has 1 aliphatic heterocycles. The number of nitrogens with one attached hydrogen (secondary N) is 1. The van der Waals surface area contributed by atoms with Gasteiger partial charge in [-0.25, -0.2) is 17.2 Å². The first-order valence-electron chi connectivity index (χ1n) is 12.5. The molecule has 208 valence electrons. The first kappa shape index (κ1) is 27.4. The highest BCUT2D eigenvalue weighted by atomic mass is 32.2. The summed E-state index contributed by atoms with van der Waals surface area (Å²) in [5.41, 5.74) is 0.264. The Bertz CT molecular complexity index is 1590. The second-order valence-electron chi connectivity index (χ2n) is 10.3. The average Bonchev–Trinajstić information content (AvgIpc) is 3.31. The SMILES string of the molecule is CC(C)C(=O)N1CCN(c2cc(S(=O)(=O)NC3(C#N)CC3)cc3c(-c4nnc(C(F)F)s4)nn(C)c23)C[C@H]1C. The van der Waals surface area contributed by atoms with Gasteiger partial charge in [0.05, 0.1) is 22.2 Å². The number of amides is 1. The number of alkyl halides is 2.